The molecular formula is C22H15N5O. The highest BCUT2D eigenvalue weighted by molar-refractivity contribution is 6.03. The van der Waals surface area contributed by atoms with E-state index in [4.69, 9.17) is 0 Å². The Kier molecular flexibility index (Phi) is 3.80. The van der Waals surface area contributed by atoms with Crippen LogP contribution in [0.2, 0.25) is 0 Å². The monoisotopic (exact) mass is 365 g/mol. The van der Waals surface area contributed by atoms with Gasteiger partial charge in [0, 0.05) is 23.6 Å². The summed E-state index contributed by atoms with van der Waals surface area (Å²) in [5.41, 5.74) is 5.03. The third-order valence-electron chi connectivity index (χ3n) is 4.46. The number of hydrogen-bond donors (Lipinski definition) is 1. The summed E-state index contributed by atoms with van der Waals surface area (Å²) in [6.07, 6.45) is 5.41. The second-order valence-electron chi connectivity index (χ2n) is 6.37. The molecule has 6 nitrogen and oxygen atoms in total. The van der Waals surface area contributed by atoms with E-state index in [0.29, 0.717) is 11.2 Å². The normalized spacial score (nSPS) is 11.0. The van der Waals surface area contributed by atoms with Crippen LogP contribution < -0.4 is 5.32 Å². The molecule has 5 rings (SSSR count). The Hall–Kier alpha value is -4.06. The van der Waals surface area contributed by atoms with Crippen LogP contribution in [0, 0.1) is 0 Å². The fraction of sp³-hybridized carbons (Fsp3) is 0. The average molecular weight is 365 g/mol. The molecule has 3 aromatic heterocycles. The maximum atomic E-state index is 12.6. The number of nitrogens with one attached hydrogen (secondary N) is 1. The molecule has 1 amide bonds. The minimum atomic E-state index is -0.301. The van der Waals surface area contributed by atoms with E-state index in [-0.39, 0.29) is 11.6 Å². The summed E-state index contributed by atoms with van der Waals surface area (Å²) in [4.78, 5) is 25.9. The minimum absolute atomic E-state index is 0.275. The summed E-state index contributed by atoms with van der Waals surface area (Å²) in [6.45, 7) is 0. The van der Waals surface area contributed by atoms with E-state index in [2.05, 4.69) is 20.3 Å². The lowest BCUT2D eigenvalue weighted by Crippen LogP contribution is -2.14. The predicted molar refractivity (Wildman–Crippen MR) is 108 cm³/mol. The van der Waals surface area contributed by atoms with Crippen LogP contribution in [0.5, 0.6) is 0 Å². The second-order valence-corrected chi connectivity index (χ2v) is 6.37. The van der Waals surface area contributed by atoms with Gasteiger partial charge in [-0.1, -0.05) is 30.3 Å². The molecular weight excluding hydrogens is 350 g/mol. The largest absolute Gasteiger partial charge is 0.321 e. The van der Waals surface area contributed by atoms with Gasteiger partial charge in [0.25, 0.3) is 5.91 Å². The molecule has 0 saturated carbocycles. The van der Waals surface area contributed by atoms with Crippen LogP contribution >= 0.6 is 0 Å². The zero-order chi connectivity index (χ0) is 18.9. The third kappa shape index (κ3) is 2.97. The highest BCUT2D eigenvalue weighted by Crippen LogP contribution is 2.23. The Morgan fingerprint density at radius 3 is 2.64 bits per heavy atom. The molecule has 28 heavy (non-hydrogen) atoms. The van der Waals surface area contributed by atoms with Crippen LogP contribution in [-0.4, -0.2) is 25.3 Å². The van der Waals surface area contributed by atoms with E-state index in [1.54, 1.807) is 0 Å². The van der Waals surface area contributed by atoms with Crippen molar-refractivity contribution in [2.45, 2.75) is 0 Å². The van der Waals surface area contributed by atoms with E-state index in [1.807, 2.05) is 83.5 Å². The Morgan fingerprint density at radius 2 is 1.75 bits per heavy atom. The number of para-hydroxylation sites is 2. The predicted octanol–water partition coefficient (Wildman–Crippen LogP) is 4.20. The molecule has 0 radical (unpaired) electrons. The number of carbonyl (C=O) groups is 1. The number of imidazole rings is 1. The number of rotatable bonds is 3. The SMILES string of the molecule is O=C(Nc1cccc(-c2cn3ccccc3n2)c1)c1cnc2ccccc2n1. The van der Waals surface area contributed by atoms with Crippen molar-refractivity contribution in [3.63, 3.8) is 0 Å². The summed E-state index contributed by atoms with van der Waals surface area (Å²) in [7, 11) is 0. The summed E-state index contributed by atoms with van der Waals surface area (Å²) < 4.78 is 1.96. The molecule has 6 heteroatoms. The number of nitrogens with zero attached hydrogens (tertiary/aromatic N) is 4. The molecule has 3 heterocycles. The molecule has 134 valence electrons. The van der Waals surface area contributed by atoms with Gasteiger partial charge in [0.2, 0.25) is 0 Å². The van der Waals surface area contributed by atoms with Gasteiger partial charge in [0.1, 0.15) is 11.3 Å². The number of hydrogen-bond acceptors (Lipinski definition) is 4. The van der Waals surface area contributed by atoms with Crippen molar-refractivity contribution >= 4 is 28.3 Å². The quantitative estimate of drug-likeness (QED) is 0.520. The van der Waals surface area contributed by atoms with Crippen molar-refractivity contribution in [2.24, 2.45) is 0 Å². The van der Waals surface area contributed by atoms with Gasteiger partial charge in [0.05, 0.1) is 22.9 Å². The first kappa shape index (κ1) is 16.1. The van der Waals surface area contributed by atoms with Gasteiger partial charge in [-0.15, -0.1) is 0 Å². The maximum Gasteiger partial charge on any atom is 0.275 e. The van der Waals surface area contributed by atoms with Crippen LogP contribution in [0.25, 0.3) is 27.9 Å². The van der Waals surface area contributed by atoms with Crippen molar-refractivity contribution in [1.29, 1.82) is 0 Å². The van der Waals surface area contributed by atoms with Gasteiger partial charge in [0.15, 0.2) is 0 Å². The Bertz CT molecular complexity index is 1290. The van der Waals surface area contributed by atoms with Crippen molar-refractivity contribution < 1.29 is 4.79 Å². The first-order valence-corrected chi connectivity index (χ1v) is 8.84. The number of anilines is 1. The summed E-state index contributed by atoms with van der Waals surface area (Å²) in [5, 5.41) is 2.89. The lowest BCUT2D eigenvalue weighted by Gasteiger charge is -2.06. The topological polar surface area (TPSA) is 72.2 Å². The van der Waals surface area contributed by atoms with Crippen LogP contribution in [-0.2, 0) is 0 Å². The molecule has 0 fully saturated rings. The number of amides is 1. The van der Waals surface area contributed by atoms with Crippen LogP contribution in [0.3, 0.4) is 0 Å². The Morgan fingerprint density at radius 1 is 0.893 bits per heavy atom. The van der Waals surface area contributed by atoms with Gasteiger partial charge in [-0.05, 0) is 36.4 Å². The molecule has 5 aromatic rings. The first-order chi connectivity index (χ1) is 13.8. The van der Waals surface area contributed by atoms with E-state index >= 15 is 0 Å². The molecule has 0 unspecified atom stereocenters. The van der Waals surface area contributed by atoms with E-state index < -0.39 is 0 Å². The standard InChI is InChI=1S/C22H15N5O/c28-22(19-13-23-17-8-1-2-9-18(17)25-19)24-16-7-5-6-15(12-16)20-14-27-11-4-3-10-21(27)26-20/h1-14H,(H,24,28). The molecule has 0 aliphatic rings. The zero-order valence-electron chi connectivity index (χ0n) is 14.8. The smallest absolute Gasteiger partial charge is 0.275 e. The van der Waals surface area contributed by atoms with Crippen LogP contribution in [0.15, 0.2) is 85.3 Å². The van der Waals surface area contributed by atoms with Gasteiger partial charge >= 0.3 is 0 Å². The average Bonchev–Trinajstić information content (AvgIpc) is 3.18. The van der Waals surface area contributed by atoms with Crippen molar-refractivity contribution in [2.75, 3.05) is 5.32 Å². The number of benzene rings is 2. The first-order valence-electron chi connectivity index (χ1n) is 8.84. The number of pyridine rings is 1. The highest BCUT2D eigenvalue weighted by Gasteiger charge is 2.11. The van der Waals surface area contributed by atoms with Crippen molar-refractivity contribution in [1.82, 2.24) is 19.4 Å². The molecule has 0 aliphatic heterocycles. The number of carbonyl (C=O) groups excluding carboxylic acids is 1. The fourth-order valence-corrected chi connectivity index (χ4v) is 3.09. The minimum Gasteiger partial charge on any atom is -0.321 e. The molecule has 0 saturated heterocycles. The second kappa shape index (κ2) is 6.59. The molecule has 0 spiro atoms. The van der Waals surface area contributed by atoms with E-state index in [9.17, 15) is 4.79 Å². The summed E-state index contributed by atoms with van der Waals surface area (Å²) in [5.74, 6) is -0.301. The zero-order valence-corrected chi connectivity index (χ0v) is 14.8. The van der Waals surface area contributed by atoms with Crippen LogP contribution in [0.4, 0.5) is 5.69 Å². The van der Waals surface area contributed by atoms with Gasteiger partial charge in [-0.2, -0.15) is 0 Å². The van der Waals surface area contributed by atoms with Gasteiger partial charge in [-0.3, -0.25) is 9.78 Å². The van der Waals surface area contributed by atoms with E-state index in [0.717, 1.165) is 22.4 Å². The molecule has 1 N–H and O–H groups in total. The fourth-order valence-electron chi connectivity index (χ4n) is 3.09. The molecule has 0 bridgehead atoms. The molecule has 0 aliphatic carbocycles. The molecule has 0 atom stereocenters. The highest BCUT2D eigenvalue weighted by atomic mass is 16.1. The lowest BCUT2D eigenvalue weighted by atomic mass is 10.1. The van der Waals surface area contributed by atoms with E-state index in [1.165, 1.54) is 6.20 Å². The van der Waals surface area contributed by atoms with Crippen molar-refractivity contribution in [3.05, 3.63) is 91.0 Å². The summed E-state index contributed by atoms with van der Waals surface area (Å²) in [6, 6.07) is 20.9. The third-order valence-corrected chi connectivity index (χ3v) is 4.46. The number of fused-ring (bicyclic) bond motifs is 2. The Balaban J connectivity index is 1.43. The maximum absolute atomic E-state index is 12.6. The molecule has 2 aromatic carbocycles. The summed E-state index contributed by atoms with van der Waals surface area (Å²) >= 11 is 0. The van der Waals surface area contributed by atoms with Crippen LogP contribution in [0.1, 0.15) is 10.5 Å². The Labute approximate surface area is 160 Å². The van der Waals surface area contributed by atoms with Gasteiger partial charge < -0.3 is 9.72 Å². The van der Waals surface area contributed by atoms with Gasteiger partial charge in [-0.25, -0.2) is 9.97 Å². The number of aromatic nitrogens is 4. The van der Waals surface area contributed by atoms with Crippen molar-refractivity contribution in [3.8, 4) is 11.3 Å². The lowest BCUT2D eigenvalue weighted by molar-refractivity contribution is 0.102.